The highest BCUT2D eigenvalue weighted by Gasteiger charge is 2.35. The van der Waals surface area contributed by atoms with Crippen molar-refractivity contribution in [3.8, 4) is 5.75 Å². The van der Waals surface area contributed by atoms with Crippen LogP contribution in [0, 0.1) is 5.92 Å². The maximum atomic E-state index is 11.7. The van der Waals surface area contributed by atoms with E-state index in [1.165, 1.54) is 13.4 Å². The van der Waals surface area contributed by atoms with Gasteiger partial charge in [0.2, 0.25) is 11.7 Å². The third-order valence-electron chi connectivity index (χ3n) is 4.12. The van der Waals surface area contributed by atoms with Gasteiger partial charge in [0.15, 0.2) is 5.82 Å². The van der Waals surface area contributed by atoms with Gasteiger partial charge in [-0.15, -0.1) is 0 Å². The maximum absolute atomic E-state index is 11.7. The van der Waals surface area contributed by atoms with Crippen LogP contribution in [0.2, 0.25) is 0 Å². The van der Waals surface area contributed by atoms with Gasteiger partial charge in [-0.25, -0.2) is 4.98 Å². The van der Waals surface area contributed by atoms with Crippen LogP contribution in [0.1, 0.15) is 19.3 Å². The molecule has 0 radical (unpaired) electrons. The zero-order chi connectivity index (χ0) is 14.1. The maximum Gasteiger partial charge on any atom is 0.295 e. The molecular formula is C13H18N4O3. The minimum atomic E-state index is -0.267. The topological polar surface area (TPSA) is 87.3 Å². The number of nitrogens with zero attached hydrogens (tertiary/aromatic N) is 2. The zero-order valence-corrected chi connectivity index (χ0v) is 11.4. The molecule has 20 heavy (non-hydrogen) atoms. The highest BCUT2D eigenvalue weighted by molar-refractivity contribution is 5.77. The fourth-order valence-electron chi connectivity index (χ4n) is 3.09. The Balaban J connectivity index is 1.81. The van der Waals surface area contributed by atoms with E-state index in [4.69, 9.17) is 4.74 Å². The largest absolute Gasteiger partial charge is 0.489 e. The van der Waals surface area contributed by atoms with E-state index >= 15 is 0 Å². The summed E-state index contributed by atoms with van der Waals surface area (Å²) in [5.74, 6) is 1.40. The number of aromatic nitrogens is 2. The second kappa shape index (κ2) is 5.15. The summed E-state index contributed by atoms with van der Waals surface area (Å²) in [5, 5.41) is 3.05. The molecule has 1 aromatic heterocycles. The van der Waals surface area contributed by atoms with Crippen LogP contribution in [0.3, 0.4) is 0 Å². The second-order valence-corrected chi connectivity index (χ2v) is 5.30. The van der Waals surface area contributed by atoms with Crippen LogP contribution in [0.25, 0.3) is 0 Å². The van der Waals surface area contributed by atoms with E-state index < -0.39 is 0 Å². The number of piperidine rings is 2. The Labute approximate surface area is 116 Å². The lowest BCUT2D eigenvalue weighted by Crippen LogP contribution is -2.54. The first-order chi connectivity index (χ1) is 9.69. The number of rotatable bonds is 2. The van der Waals surface area contributed by atoms with E-state index in [2.05, 4.69) is 20.2 Å². The summed E-state index contributed by atoms with van der Waals surface area (Å²) in [6, 6.07) is 0.250. The fraction of sp³-hybridized carbons (Fsp3) is 0.615. The Morgan fingerprint density at radius 2 is 2.25 bits per heavy atom. The smallest absolute Gasteiger partial charge is 0.295 e. The standard InChI is InChI=1S/C13H18N4O3/c1-20-11-12(14-7-15-13(11)19)17-5-4-9-8(6-17)2-3-10(18)16-9/h7-9H,2-6H2,1H3,(H,16,18)(H,14,15,19). The number of carbonyl (C=O) groups excluding carboxylic acids is 1. The first-order valence-corrected chi connectivity index (χ1v) is 6.85. The molecule has 3 rings (SSSR count). The Morgan fingerprint density at radius 1 is 1.40 bits per heavy atom. The molecule has 1 aromatic rings. The average molecular weight is 278 g/mol. The number of carbonyl (C=O) groups is 1. The van der Waals surface area contributed by atoms with Crippen LogP contribution >= 0.6 is 0 Å². The number of nitrogens with one attached hydrogen (secondary N) is 2. The molecule has 2 fully saturated rings. The van der Waals surface area contributed by atoms with Crippen molar-refractivity contribution in [2.75, 3.05) is 25.1 Å². The number of amides is 1. The molecule has 108 valence electrons. The van der Waals surface area contributed by atoms with E-state index in [9.17, 15) is 9.59 Å². The summed E-state index contributed by atoms with van der Waals surface area (Å²) in [6.07, 6.45) is 3.73. The summed E-state index contributed by atoms with van der Waals surface area (Å²) < 4.78 is 5.16. The number of aromatic amines is 1. The molecule has 2 unspecified atom stereocenters. The second-order valence-electron chi connectivity index (χ2n) is 5.30. The van der Waals surface area contributed by atoms with Crippen molar-refractivity contribution in [3.05, 3.63) is 16.7 Å². The van der Waals surface area contributed by atoms with Gasteiger partial charge in [-0.1, -0.05) is 0 Å². The Kier molecular flexibility index (Phi) is 3.33. The molecule has 2 atom stereocenters. The van der Waals surface area contributed by atoms with Crippen LogP contribution < -0.4 is 20.5 Å². The number of anilines is 1. The summed E-state index contributed by atoms with van der Waals surface area (Å²) in [6.45, 7) is 1.55. The Bertz CT molecular complexity index is 571. The SMILES string of the molecule is COc1c(N2CCC3NC(=O)CCC3C2)nc[nH]c1=O. The van der Waals surface area contributed by atoms with Crippen molar-refractivity contribution in [1.82, 2.24) is 15.3 Å². The molecule has 2 aliphatic rings. The van der Waals surface area contributed by atoms with Gasteiger partial charge in [0.05, 0.1) is 13.4 Å². The average Bonchev–Trinajstić information content (AvgIpc) is 2.46. The quantitative estimate of drug-likeness (QED) is 0.787. The van der Waals surface area contributed by atoms with Crippen molar-refractivity contribution in [2.45, 2.75) is 25.3 Å². The van der Waals surface area contributed by atoms with Crippen molar-refractivity contribution < 1.29 is 9.53 Å². The molecule has 2 N–H and O–H groups in total. The number of fused-ring (bicyclic) bond motifs is 1. The molecule has 3 heterocycles. The number of hydrogen-bond acceptors (Lipinski definition) is 5. The number of hydrogen-bond donors (Lipinski definition) is 2. The lowest BCUT2D eigenvalue weighted by molar-refractivity contribution is -0.124. The van der Waals surface area contributed by atoms with Crippen LogP contribution in [-0.4, -0.2) is 42.1 Å². The predicted octanol–water partition coefficient (Wildman–Crippen LogP) is -0.117. The van der Waals surface area contributed by atoms with Gasteiger partial charge in [0.25, 0.3) is 5.56 Å². The lowest BCUT2D eigenvalue weighted by atomic mass is 9.85. The van der Waals surface area contributed by atoms with Gasteiger partial charge in [-0.3, -0.25) is 9.59 Å². The Morgan fingerprint density at radius 3 is 3.05 bits per heavy atom. The summed E-state index contributed by atoms with van der Waals surface area (Å²) in [5.41, 5.74) is -0.267. The van der Waals surface area contributed by atoms with Crippen molar-refractivity contribution in [3.63, 3.8) is 0 Å². The monoisotopic (exact) mass is 278 g/mol. The third-order valence-corrected chi connectivity index (χ3v) is 4.12. The summed E-state index contributed by atoms with van der Waals surface area (Å²) in [4.78, 5) is 32.0. The van der Waals surface area contributed by atoms with Crippen LogP contribution in [-0.2, 0) is 4.79 Å². The minimum Gasteiger partial charge on any atom is -0.489 e. The summed E-state index contributed by atoms with van der Waals surface area (Å²) >= 11 is 0. The van der Waals surface area contributed by atoms with E-state index in [0.29, 0.717) is 18.2 Å². The third kappa shape index (κ3) is 2.23. The molecule has 0 spiro atoms. The molecule has 7 heteroatoms. The van der Waals surface area contributed by atoms with Gasteiger partial charge in [-0.05, 0) is 18.8 Å². The zero-order valence-electron chi connectivity index (χ0n) is 11.4. The molecule has 0 bridgehead atoms. The van der Waals surface area contributed by atoms with Crippen molar-refractivity contribution in [2.24, 2.45) is 5.92 Å². The van der Waals surface area contributed by atoms with Crippen molar-refractivity contribution >= 4 is 11.7 Å². The number of ether oxygens (including phenoxy) is 1. The van der Waals surface area contributed by atoms with Crippen molar-refractivity contribution in [1.29, 1.82) is 0 Å². The van der Waals surface area contributed by atoms with Crippen LogP contribution in [0.5, 0.6) is 5.75 Å². The first kappa shape index (κ1) is 13.0. The van der Waals surface area contributed by atoms with Gasteiger partial charge < -0.3 is 19.9 Å². The molecule has 1 amide bonds. The normalized spacial score (nSPS) is 25.9. The van der Waals surface area contributed by atoms with E-state index in [0.717, 1.165) is 25.9 Å². The lowest BCUT2D eigenvalue weighted by Gasteiger charge is -2.41. The first-order valence-electron chi connectivity index (χ1n) is 6.85. The highest BCUT2D eigenvalue weighted by Crippen LogP contribution is 2.30. The van der Waals surface area contributed by atoms with Gasteiger partial charge in [0.1, 0.15) is 0 Å². The Hall–Kier alpha value is -2.05. The van der Waals surface area contributed by atoms with Crippen LogP contribution in [0.4, 0.5) is 5.82 Å². The minimum absolute atomic E-state index is 0.145. The molecule has 0 aliphatic carbocycles. The van der Waals surface area contributed by atoms with E-state index in [-0.39, 0.29) is 23.3 Å². The molecular weight excluding hydrogens is 260 g/mol. The predicted molar refractivity (Wildman–Crippen MR) is 72.9 cm³/mol. The number of methoxy groups -OCH3 is 1. The highest BCUT2D eigenvalue weighted by atomic mass is 16.5. The molecule has 0 aromatic carbocycles. The molecule has 7 nitrogen and oxygen atoms in total. The molecule has 2 aliphatic heterocycles. The van der Waals surface area contributed by atoms with E-state index in [1.54, 1.807) is 0 Å². The summed E-state index contributed by atoms with van der Waals surface area (Å²) in [7, 11) is 1.48. The van der Waals surface area contributed by atoms with E-state index in [1.807, 2.05) is 0 Å². The van der Waals surface area contributed by atoms with Gasteiger partial charge in [0, 0.05) is 25.6 Å². The fourth-order valence-corrected chi connectivity index (χ4v) is 3.09. The van der Waals surface area contributed by atoms with Gasteiger partial charge in [-0.2, -0.15) is 0 Å². The number of H-pyrrole nitrogens is 1. The van der Waals surface area contributed by atoms with Crippen LogP contribution in [0.15, 0.2) is 11.1 Å². The molecule has 0 saturated carbocycles. The molecule has 2 saturated heterocycles. The van der Waals surface area contributed by atoms with Gasteiger partial charge >= 0.3 is 0 Å².